The van der Waals surface area contributed by atoms with E-state index >= 15 is 0 Å². The average molecular weight is 333 g/mol. The van der Waals surface area contributed by atoms with Crippen LogP contribution in [0.15, 0.2) is 5.51 Å². The van der Waals surface area contributed by atoms with Crippen LogP contribution in [0.5, 0.6) is 0 Å². The number of nitrogens with zero attached hydrogens (tertiary/aromatic N) is 5. The van der Waals surface area contributed by atoms with E-state index in [4.69, 9.17) is 4.74 Å². The molecule has 0 saturated carbocycles. The van der Waals surface area contributed by atoms with E-state index < -0.39 is 10.2 Å². The quantitative estimate of drug-likeness (QED) is 0.720. The van der Waals surface area contributed by atoms with Crippen LogP contribution in [0.4, 0.5) is 0 Å². The number of hydrogen-bond donors (Lipinski definition) is 0. The minimum atomic E-state index is -3.34. The summed E-state index contributed by atoms with van der Waals surface area (Å²) in [5.41, 5.74) is 1.72. The van der Waals surface area contributed by atoms with Crippen molar-refractivity contribution >= 4 is 21.5 Å². The molecule has 10 heteroatoms. The molecule has 1 aromatic heterocycles. The highest BCUT2D eigenvalue weighted by Gasteiger charge is 2.33. The molecule has 2 fully saturated rings. The molecule has 8 nitrogen and oxygen atoms in total. The van der Waals surface area contributed by atoms with Crippen LogP contribution >= 0.6 is 11.3 Å². The largest absolute Gasteiger partial charge is 0.379 e. The van der Waals surface area contributed by atoms with Crippen molar-refractivity contribution in [2.24, 2.45) is 0 Å². The summed E-state index contributed by atoms with van der Waals surface area (Å²) < 4.78 is 33.4. The molecule has 0 bridgehead atoms. The summed E-state index contributed by atoms with van der Waals surface area (Å²) >= 11 is 1.53. The van der Waals surface area contributed by atoms with Gasteiger partial charge < -0.3 is 4.74 Å². The van der Waals surface area contributed by atoms with Gasteiger partial charge in [-0.3, -0.25) is 4.90 Å². The predicted octanol–water partition coefficient (Wildman–Crippen LogP) is -0.767. The topological polar surface area (TPSA) is 78.9 Å². The van der Waals surface area contributed by atoms with E-state index in [-0.39, 0.29) is 0 Å². The highest BCUT2D eigenvalue weighted by molar-refractivity contribution is 7.86. The van der Waals surface area contributed by atoms with Crippen LogP contribution in [0, 0.1) is 0 Å². The Morgan fingerprint density at radius 1 is 1.10 bits per heavy atom. The summed E-state index contributed by atoms with van der Waals surface area (Å²) in [5, 5.41) is 8.82. The molecular weight excluding hydrogens is 314 g/mol. The van der Waals surface area contributed by atoms with Crippen LogP contribution in [0.2, 0.25) is 0 Å². The Morgan fingerprint density at radius 2 is 1.76 bits per heavy atom. The molecule has 0 aromatic carbocycles. The van der Waals surface area contributed by atoms with E-state index in [1.165, 1.54) is 15.6 Å². The van der Waals surface area contributed by atoms with Gasteiger partial charge in [0.25, 0.3) is 10.2 Å². The molecule has 3 rings (SSSR count). The molecule has 0 atom stereocenters. The Morgan fingerprint density at radius 3 is 2.38 bits per heavy atom. The molecule has 0 N–H and O–H groups in total. The van der Waals surface area contributed by atoms with Crippen molar-refractivity contribution in [2.45, 2.75) is 6.54 Å². The predicted molar refractivity (Wildman–Crippen MR) is 78.1 cm³/mol. The molecule has 118 valence electrons. The van der Waals surface area contributed by atoms with Gasteiger partial charge in [0.15, 0.2) is 0 Å². The summed E-state index contributed by atoms with van der Waals surface area (Å²) in [4.78, 5) is 2.21. The lowest BCUT2D eigenvalue weighted by Gasteiger charge is -2.37. The molecule has 3 heterocycles. The van der Waals surface area contributed by atoms with Gasteiger partial charge in [0.1, 0.15) is 10.5 Å². The summed E-state index contributed by atoms with van der Waals surface area (Å²) in [6, 6.07) is 0. The van der Waals surface area contributed by atoms with E-state index in [1.807, 2.05) is 0 Å². The van der Waals surface area contributed by atoms with Crippen molar-refractivity contribution in [2.75, 3.05) is 52.5 Å². The first-order chi connectivity index (χ1) is 10.2. The summed E-state index contributed by atoms with van der Waals surface area (Å²) in [6.45, 7) is 5.12. The molecule has 0 radical (unpaired) electrons. The number of ether oxygens (including phenoxy) is 1. The van der Waals surface area contributed by atoms with Gasteiger partial charge in [0.2, 0.25) is 0 Å². The van der Waals surface area contributed by atoms with Gasteiger partial charge in [-0.25, -0.2) is 0 Å². The fraction of sp³-hybridized carbons (Fsp3) is 0.818. The minimum Gasteiger partial charge on any atom is -0.379 e. The van der Waals surface area contributed by atoms with Crippen LogP contribution < -0.4 is 0 Å². The fourth-order valence-corrected chi connectivity index (χ4v) is 4.64. The number of morpholine rings is 1. The second-order valence-corrected chi connectivity index (χ2v) is 7.87. The molecule has 1 aromatic rings. The Balaban J connectivity index is 1.55. The zero-order valence-electron chi connectivity index (χ0n) is 11.7. The first kappa shape index (κ1) is 15.3. The molecule has 0 spiro atoms. The molecule has 0 unspecified atom stereocenters. The highest BCUT2D eigenvalue weighted by atomic mass is 32.2. The van der Waals surface area contributed by atoms with E-state index in [9.17, 15) is 8.42 Å². The van der Waals surface area contributed by atoms with Crippen molar-refractivity contribution < 1.29 is 13.2 Å². The van der Waals surface area contributed by atoms with Gasteiger partial charge in [0, 0.05) is 39.3 Å². The Bertz CT molecular complexity index is 536. The minimum absolute atomic E-state index is 0.452. The second kappa shape index (κ2) is 6.63. The maximum absolute atomic E-state index is 12.5. The summed E-state index contributed by atoms with van der Waals surface area (Å²) in [6.07, 6.45) is 0. The van der Waals surface area contributed by atoms with Crippen molar-refractivity contribution in [1.82, 2.24) is 23.7 Å². The van der Waals surface area contributed by atoms with Crippen molar-refractivity contribution in [3.05, 3.63) is 10.5 Å². The van der Waals surface area contributed by atoms with Gasteiger partial charge in [0.05, 0.1) is 19.8 Å². The lowest BCUT2D eigenvalue weighted by atomic mass is 10.3. The van der Waals surface area contributed by atoms with Crippen LogP contribution in [0.1, 0.15) is 5.01 Å². The smallest absolute Gasteiger partial charge is 0.282 e. The number of hydrogen-bond acceptors (Lipinski definition) is 7. The van der Waals surface area contributed by atoms with Crippen molar-refractivity contribution in [3.63, 3.8) is 0 Å². The Hall–Kier alpha value is -0.650. The molecular formula is C11H19N5O3S2. The lowest BCUT2D eigenvalue weighted by molar-refractivity contribution is 0.0684. The third kappa shape index (κ3) is 3.58. The van der Waals surface area contributed by atoms with Gasteiger partial charge >= 0.3 is 0 Å². The van der Waals surface area contributed by atoms with Gasteiger partial charge in [-0.05, 0) is 0 Å². The summed E-state index contributed by atoms with van der Waals surface area (Å²) in [7, 11) is -3.34. The van der Waals surface area contributed by atoms with Crippen LogP contribution in [-0.2, 0) is 21.5 Å². The molecule has 21 heavy (non-hydrogen) atoms. The second-order valence-electron chi connectivity index (χ2n) is 5.03. The van der Waals surface area contributed by atoms with Crippen LogP contribution in [-0.4, -0.2) is 84.6 Å². The van der Waals surface area contributed by atoms with Gasteiger partial charge in [-0.2, -0.15) is 17.0 Å². The lowest BCUT2D eigenvalue weighted by Crippen LogP contribution is -2.54. The first-order valence-electron chi connectivity index (χ1n) is 6.96. The van der Waals surface area contributed by atoms with E-state index in [2.05, 4.69) is 15.1 Å². The van der Waals surface area contributed by atoms with E-state index in [0.29, 0.717) is 39.4 Å². The third-order valence-electron chi connectivity index (χ3n) is 3.72. The highest BCUT2D eigenvalue weighted by Crippen LogP contribution is 2.15. The van der Waals surface area contributed by atoms with Crippen LogP contribution in [0.3, 0.4) is 0 Å². The third-order valence-corrected chi connectivity index (χ3v) is 6.44. The SMILES string of the molecule is O=S(=O)(N1CCOCC1)N1CCN(Cc2nncs2)CC1. The van der Waals surface area contributed by atoms with Crippen molar-refractivity contribution in [1.29, 1.82) is 0 Å². The van der Waals surface area contributed by atoms with E-state index in [0.717, 1.165) is 24.6 Å². The standard InChI is InChI=1S/C11H19N5O3S2/c17-21(18,16-5-7-19-8-6-16)15-3-1-14(2-4-15)9-11-13-12-10-20-11/h10H,1-9H2. The monoisotopic (exact) mass is 333 g/mol. The molecule has 2 aliphatic rings. The maximum atomic E-state index is 12.5. The number of aromatic nitrogens is 2. The molecule has 0 aliphatic carbocycles. The zero-order valence-corrected chi connectivity index (χ0v) is 13.4. The zero-order chi connectivity index (χ0) is 14.7. The molecule has 2 saturated heterocycles. The first-order valence-corrected chi connectivity index (χ1v) is 9.24. The number of piperazine rings is 1. The molecule has 0 amide bonds. The number of rotatable bonds is 4. The van der Waals surface area contributed by atoms with Crippen molar-refractivity contribution in [3.8, 4) is 0 Å². The van der Waals surface area contributed by atoms with Gasteiger partial charge in [-0.1, -0.05) is 0 Å². The molecule has 2 aliphatic heterocycles. The summed E-state index contributed by atoms with van der Waals surface area (Å²) in [5.74, 6) is 0. The Kier molecular flexibility index (Phi) is 4.82. The fourth-order valence-electron chi connectivity index (χ4n) is 2.52. The van der Waals surface area contributed by atoms with Gasteiger partial charge in [-0.15, -0.1) is 21.5 Å². The maximum Gasteiger partial charge on any atom is 0.282 e. The average Bonchev–Trinajstić information content (AvgIpc) is 3.02. The Labute approximate surface area is 128 Å². The normalized spacial score (nSPS) is 23.4. The van der Waals surface area contributed by atoms with E-state index in [1.54, 1.807) is 9.82 Å². The van der Waals surface area contributed by atoms with Crippen LogP contribution in [0.25, 0.3) is 0 Å².